The second-order valence-corrected chi connectivity index (χ2v) is 5.15. The fourth-order valence-electron chi connectivity index (χ4n) is 2.79. The van der Waals surface area contributed by atoms with Crippen LogP contribution in [0.3, 0.4) is 0 Å². The van der Waals surface area contributed by atoms with Gasteiger partial charge in [0.1, 0.15) is 0 Å². The van der Waals surface area contributed by atoms with Gasteiger partial charge in [-0.1, -0.05) is 0 Å². The van der Waals surface area contributed by atoms with Crippen molar-refractivity contribution in [1.82, 2.24) is 9.80 Å². The molecular weight excluding hydrogens is 162 g/mol. The zero-order valence-electron chi connectivity index (χ0n) is 8.95. The zero-order chi connectivity index (χ0) is 9.64. The summed E-state index contributed by atoms with van der Waals surface area (Å²) in [7, 11) is 2.17. The number of hydrogen-bond donors (Lipinski definition) is 1. The van der Waals surface area contributed by atoms with E-state index in [1.807, 2.05) is 0 Å². The number of likely N-dealkylation sites (tertiary alicyclic amines) is 2. The van der Waals surface area contributed by atoms with Crippen LogP contribution in [-0.4, -0.2) is 54.6 Å². The second-order valence-electron chi connectivity index (χ2n) is 5.15. The maximum absolute atomic E-state index is 6.40. The molecule has 13 heavy (non-hydrogen) atoms. The van der Waals surface area contributed by atoms with Gasteiger partial charge in [0.2, 0.25) is 0 Å². The van der Waals surface area contributed by atoms with E-state index < -0.39 is 0 Å². The minimum absolute atomic E-state index is 0.0824. The Kier molecular flexibility index (Phi) is 2.13. The van der Waals surface area contributed by atoms with Crippen LogP contribution in [0.5, 0.6) is 0 Å². The molecule has 0 saturated carbocycles. The van der Waals surface area contributed by atoms with Gasteiger partial charge in [0.05, 0.1) is 0 Å². The molecule has 2 aliphatic rings. The van der Waals surface area contributed by atoms with E-state index in [2.05, 4.69) is 30.7 Å². The number of likely N-dealkylation sites (N-methyl/N-ethyl adjacent to an activating group) is 1. The predicted octanol–water partition coefficient (Wildman–Crippen LogP) is -0.0305. The van der Waals surface area contributed by atoms with Gasteiger partial charge < -0.3 is 10.6 Å². The van der Waals surface area contributed by atoms with E-state index in [9.17, 15) is 0 Å². The minimum atomic E-state index is 0.0824. The first-order chi connectivity index (χ1) is 6.01. The van der Waals surface area contributed by atoms with Gasteiger partial charge in [-0.2, -0.15) is 0 Å². The molecule has 3 nitrogen and oxygen atoms in total. The Morgan fingerprint density at radius 1 is 1.31 bits per heavy atom. The summed E-state index contributed by atoms with van der Waals surface area (Å²) < 4.78 is 0. The van der Waals surface area contributed by atoms with Gasteiger partial charge in [-0.25, -0.2) is 0 Å². The molecule has 3 heteroatoms. The van der Waals surface area contributed by atoms with Crippen molar-refractivity contribution >= 4 is 0 Å². The molecule has 2 saturated heterocycles. The highest BCUT2D eigenvalue weighted by Gasteiger charge is 2.49. The van der Waals surface area contributed by atoms with Crippen molar-refractivity contribution in [2.45, 2.75) is 25.4 Å². The van der Waals surface area contributed by atoms with Crippen molar-refractivity contribution in [2.75, 3.05) is 33.2 Å². The van der Waals surface area contributed by atoms with E-state index >= 15 is 0 Å². The molecule has 0 aromatic carbocycles. The number of rotatable bonds is 1. The standard InChI is InChI=1S/C10H21N3/c1-8(2)13-5-9-4-12(3)6-10(9,11)7-13/h8-9H,4-7,11H2,1-3H3. The normalized spacial score (nSPS) is 41.8. The highest BCUT2D eigenvalue weighted by atomic mass is 15.3. The van der Waals surface area contributed by atoms with Crippen LogP contribution in [0.4, 0.5) is 0 Å². The summed E-state index contributed by atoms with van der Waals surface area (Å²) in [5.74, 6) is 0.694. The van der Waals surface area contributed by atoms with Gasteiger partial charge in [0.25, 0.3) is 0 Å². The lowest BCUT2D eigenvalue weighted by molar-refractivity contribution is 0.229. The first-order valence-electron chi connectivity index (χ1n) is 5.23. The summed E-state index contributed by atoms with van der Waals surface area (Å²) >= 11 is 0. The van der Waals surface area contributed by atoms with Crippen molar-refractivity contribution < 1.29 is 0 Å². The van der Waals surface area contributed by atoms with E-state index in [-0.39, 0.29) is 5.54 Å². The quantitative estimate of drug-likeness (QED) is 0.619. The summed E-state index contributed by atoms with van der Waals surface area (Å²) in [5.41, 5.74) is 6.48. The zero-order valence-corrected chi connectivity index (χ0v) is 8.95. The molecule has 0 radical (unpaired) electrons. The molecule has 2 fully saturated rings. The molecule has 0 aliphatic carbocycles. The lowest BCUT2D eigenvalue weighted by Gasteiger charge is -2.26. The SMILES string of the molecule is CC(C)N1CC2CN(C)CC2(N)C1. The molecular formula is C10H21N3. The minimum Gasteiger partial charge on any atom is -0.323 e. The van der Waals surface area contributed by atoms with Crippen LogP contribution in [0.1, 0.15) is 13.8 Å². The van der Waals surface area contributed by atoms with Crippen molar-refractivity contribution in [3.8, 4) is 0 Å². The Bertz CT molecular complexity index is 204. The monoisotopic (exact) mass is 183 g/mol. The molecule has 2 heterocycles. The van der Waals surface area contributed by atoms with Crippen LogP contribution in [0.15, 0.2) is 0 Å². The van der Waals surface area contributed by atoms with Gasteiger partial charge >= 0.3 is 0 Å². The maximum atomic E-state index is 6.40. The Morgan fingerprint density at radius 3 is 2.54 bits per heavy atom. The summed E-state index contributed by atoms with van der Waals surface area (Å²) in [6.45, 7) is 9.04. The highest BCUT2D eigenvalue weighted by Crippen LogP contribution is 2.32. The molecule has 0 aromatic heterocycles. The molecule has 2 rings (SSSR count). The van der Waals surface area contributed by atoms with E-state index in [4.69, 9.17) is 5.73 Å². The number of nitrogens with zero attached hydrogens (tertiary/aromatic N) is 2. The fraction of sp³-hybridized carbons (Fsp3) is 1.00. The Morgan fingerprint density at radius 2 is 2.00 bits per heavy atom. The van der Waals surface area contributed by atoms with Gasteiger partial charge in [-0.3, -0.25) is 4.90 Å². The third kappa shape index (κ3) is 1.49. The Hall–Kier alpha value is -0.120. The van der Waals surface area contributed by atoms with Crippen LogP contribution in [0.25, 0.3) is 0 Å². The Balaban J connectivity index is 2.06. The molecule has 0 spiro atoms. The molecule has 0 aromatic rings. The van der Waals surface area contributed by atoms with E-state index in [0.717, 1.165) is 13.1 Å². The molecule has 0 amide bonds. The predicted molar refractivity (Wildman–Crippen MR) is 54.6 cm³/mol. The third-order valence-electron chi connectivity index (χ3n) is 3.59. The second kappa shape index (κ2) is 2.94. The highest BCUT2D eigenvalue weighted by molar-refractivity contribution is 5.08. The lowest BCUT2D eigenvalue weighted by Crippen LogP contribution is -2.49. The lowest BCUT2D eigenvalue weighted by atomic mass is 9.92. The van der Waals surface area contributed by atoms with Crippen LogP contribution in [-0.2, 0) is 0 Å². The molecule has 2 aliphatic heterocycles. The Labute approximate surface area is 80.9 Å². The van der Waals surface area contributed by atoms with Crippen molar-refractivity contribution in [1.29, 1.82) is 0 Å². The van der Waals surface area contributed by atoms with Crippen molar-refractivity contribution in [3.05, 3.63) is 0 Å². The average molecular weight is 183 g/mol. The van der Waals surface area contributed by atoms with E-state index in [1.54, 1.807) is 0 Å². The molecule has 2 atom stereocenters. The summed E-state index contributed by atoms with van der Waals surface area (Å²) in [6.07, 6.45) is 0. The largest absolute Gasteiger partial charge is 0.323 e. The smallest absolute Gasteiger partial charge is 0.0465 e. The molecule has 2 N–H and O–H groups in total. The van der Waals surface area contributed by atoms with Crippen LogP contribution < -0.4 is 5.73 Å². The molecule has 76 valence electrons. The average Bonchev–Trinajstić information content (AvgIpc) is 2.38. The van der Waals surface area contributed by atoms with E-state index in [1.165, 1.54) is 13.1 Å². The summed E-state index contributed by atoms with van der Waals surface area (Å²) in [5, 5.41) is 0. The summed E-state index contributed by atoms with van der Waals surface area (Å²) in [4.78, 5) is 4.88. The molecule has 2 unspecified atom stereocenters. The number of fused-ring (bicyclic) bond motifs is 1. The van der Waals surface area contributed by atoms with Crippen molar-refractivity contribution in [3.63, 3.8) is 0 Å². The van der Waals surface area contributed by atoms with E-state index in [0.29, 0.717) is 12.0 Å². The van der Waals surface area contributed by atoms with Crippen LogP contribution in [0.2, 0.25) is 0 Å². The van der Waals surface area contributed by atoms with Gasteiger partial charge in [0, 0.05) is 43.7 Å². The van der Waals surface area contributed by atoms with Gasteiger partial charge in [-0.15, -0.1) is 0 Å². The van der Waals surface area contributed by atoms with Crippen molar-refractivity contribution in [2.24, 2.45) is 11.7 Å². The molecule has 0 bridgehead atoms. The van der Waals surface area contributed by atoms with Gasteiger partial charge in [-0.05, 0) is 20.9 Å². The van der Waals surface area contributed by atoms with Crippen LogP contribution in [0, 0.1) is 5.92 Å². The topological polar surface area (TPSA) is 32.5 Å². The maximum Gasteiger partial charge on any atom is 0.0465 e. The summed E-state index contributed by atoms with van der Waals surface area (Å²) in [6, 6.07) is 0.649. The van der Waals surface area contributed by atoms with Gasteiger partial charge in [0.15, 0.2) is 0 Å². The first kappa shape index (κ1) is 9.44. The third-order valence-corrected chi connectivity index (χ3v) is 3.59. The number of nitrogens with two attached hydrogens (primary N) is 1. The fourth-order valence-corrected chi connectivity index (χ4v) is 2.79. The van der Waals surface area contributed by atoms with Crippen LogP contribution >= 0.6 is 0 Å². The first-order valence-corrected chi connectivity index (χ1v) is 5.23. The number of hydrogen-bond acceptors (Lipinski definition) is 3.